The van der Waals surface area contributed by atoms with Gasteiger partial charge >= 0.3 is 0 Å². The van der Waals surface area contributed by atoms with Gasteiger partial charge in [-0.05, 0) is 77.3 Å². The molecule has 0 spiro atoms. The molecule has 0 radical (unpaired) electrons. The van der Waals surface area contributed by atoms with Crippen molar-refractivity contribution in [2.75, 3.05) is 19.6 Å². The minimum Gasteiger partial charge on any atom is -0.349 e. The number of rotatable bonds is 5. The molecule has 2 rings (SSSR count). The van der Waals surface area contributed by atoms with E-state index in [4.69, 9.17) is 0 Å². The zero-order chi connectivity index (χ0) is 21.2. The first-order chi connectivity index (χ1) is 12.9. The number of hydrogen-bond acceptors (Lipinski definition) is 3. The highest BCUT2D eigenvalue weighted by molar-refractivity contribution is 5.92. The van der Waals surface area contributed by atoms with Crippen LogP contribution in [0.4, 0.5) is 0 Å². The van der Waals surface area contributed by atoms with Crippen molar-refractivity contribution in [3.63, 3.8) is 0 Å². The van der Waals surface area contributed by atoms with Crippen LogP contribution in [0.5, 0.6) is 0 Å². The predicted octanol–water partition coefficient (Wildman–Crippen LogP) is 3.50. The highest BCUT2D eigenvalue weighted by atomic mass is 16.2. The van der Waals surface area contributed by atoms with E-state index < -0.39 is 5.54 Å². The first-order valence-corrected chi connectivity index (χ1v) is 10.8. The molecule has 2 aliphatic rings. The SMILES string of the molecule is C=CC1CCC(CN2CCC(C)(C)CC2)C(NC(C)=O)(C(=O)NC(C)(C)C)C1. The summed E-state index contributed by atoms with van der Waals surface area (Å²) in [6, 6.07) is 0. The van der Waals surface area contributed by atoms with Gasteiger partial charge in [-0.2, -0.15) is 0 Å². The number of hydrogen-bond donors (Lipinski definition) is 2. The lowest BCUT2D eigenvalue weighted by molar-refractivity contribution is -0.139. The molecule has 2 N–H and O–H groups in total. The minimum absolute atomic E-state index is 0.0518. The van der Waals surface area contributed by atoms with Gasteiger partial charge in [0.1, 0.15) is 5.54 Å². The van der Waals surface area contributed by atoms with Crippen LogP contribution in [0.3, 0.4) is 0 Å². The van der Waals surface area contributed by atoms with Crippen LogP contribution in [0.1, 0.15) is 73.6 Å². The average molecular weight is 392 g/mol. The van der Waals surface area contributed by atoms with E-state index in [0.717, 1.165) is 32.5 Å². The highest BCUT2D eigenvalue weighted by Gasteiger charge is 2.51. The fraction of sp³-hybridized carbons (Fsp3) is 0.826. The van der Waals surface area contributed by atoms with Crippen LogP contribution in [-0.4, -0.2) is 47.4 Å². The summed E-state index contributed by atoms with van der Waals surface area (Å²) in [5.41, 5.74) is -0.818. The smallest absolute Gasteiger partial charge is 0.246 e. The first-order valence-electron chi connectivity index (χ1n) is 10.8. The number of likely N-dealkylation sites (tertiary alicyclic amines) is 1. The lowest BCUT2D eigenvalue weighted by Crippen LogP contribution is -2.68. The zero-order valence-electron chi connectivity index (χ0n) is 18.9. The minimum atomic E-state index is -0.872. The third-order valence-electron chi connectivity index (χ3n) is 6.48. The zero-order valence-corrected chi connectivity index (χ0v) is 18.9. The Balaban J connectivity index is 2.29. The normalized spacial score (nSPS) is 31.1. The second-order valence-corrected chi connectivity index (χ2v) is 10.8. The van der Waals surface area contributed by atoms with Crippen LogP contribution in [-0.2, 0) is 9.59 Å². The van der Waals surface area contributed by atoms with Crippen LogP contribution in [0.2, 0.25) is 0 Å². The summed E-state index contributed by atoms with van der Waals surface area (Å²) in [6.07, 6.45) is 6.88. The van der Waals surface area contributed by atoms with Crippen molar-refractivity contribution in [2.24, 2.45) is 17.3 Å². The molecule has 3 unspecified atom stereocenters. The van der Waals surface area contributed by atoms with Crippen LogP contribution >= 0.6 is 0 Å². The Hall–Kier alpha value is -1.36. The second-order valence-electron chi connectivity index (χ2n) is 10.8. The van der Waals surface area contributed by atoms with Crippen LogP contribution in [0, 0.1) is 17.3 Å². The molecule has 0 bridgehead atoms. The van der Waals surface area contributed by atoms with E-state index in [2.05, 4.69) is 36.0 Å². The molecular formula is C23H41N3O2. The van der Waals surface area contributed by atoms with Crippen molar-refractivity contribution in [1.82, 2.24) is 15.5 Å². The molecule has 0 aromatic rings. The Bertz CT molecular complexity index is 583. The lowest BCUT2D eigenvalue weighted by atomic mass is 9.67. The predicted molar refractivity (Wildman–Crippen MR) is 115 cm³/mol. The summed E-state index contributed by atoms with van der Waals surface area (Å²) in [5.74, 6) is 0.160. The molecule has 1 heterocycles. The standard InChI is InChI=1S/C23H41N3O2/c1-8-18-9-10-19(16-26-13-11-22(6,7)12-14-26)23(15-18,24-17(2)27)20(28)25-21(3,4)5/h8,18-19H,1,9-16H2,2-7H3,(H,24,27)(H,25,28). The Morgan fingerprint density at radius 3 is 2.29 bits per heavy atom. The maximum atomic E-state index is 13.5. The van der Waals surface area contributed by atoms with Crippen molar-refractivity contribution < 1.29 is 9.59 Å². The Morgan fingerprint density at radius 1 is 1.18 bits per heavy atom. The van der Waals surface area contributed by atoms with Gasteiger partial charge in [0, 0.05) is 24.9 Å². The van der Waals surface area contributed by atoms with E-state index in [1.165, 1.54) is 19.8 Å². The van der Waals surface area contributed by atoms with Crippen molar-refractivity contribution >= 4 is 11.8 Å². The Kier molecular flexibility index (Phi) is 7.01. The molecule has 5 heteroatoms. The molecular weight excluding hydrogens is 350 g/mol. The van der Waals surface area contributed by atoms with Gasteiger partial charge in [0.15, 0.2) is 0 Å². The Morgan fingerprint density at radius 2 is 1.79 bits per heavy atom. The molecule has 1 saturated heterocycles. The fourth-order valence-corrected chi connectivity index (χ4v) is 4.70. The number of piperidine rings is 1. The molecule has 0 aromatic heterocycles. The van der Waals surface area contributed by atoms with E-state index in [1.54, 1.807) is 0 Å². The number of allylic oxidation sites excluding steroid dienone is 1. The molecule has 2 fully saturated rings. The number of nitrogens with one attached hydrogen (secondary N) is 2. The van der Waals surface area contributed by atoms with Gasteiger partial charge in [-0.15, -0.1) is 6.58 Å². The molecule has 1 aliphatic heterocycles. The van der Waals surface area contributed by atoms with Crippen LogP contribution < -0.4 is 10.6 Å². The summed E-state index contributed by atoms with van der Waals surface area (Å²) in [6.45, 7) is 19.1. The molecule has 1 saturated carbocycles. The summed E-state index contributed by atoms with van der Waals surface area (Å²) in [7, 11) is 0. The fourth-order valence-electron chi connectivity index (χ4n) is 4.70. The van der Waals surface area contributed by atoms with Gasteiger partial charge in [-0.3, -0.25) is 9.59 Å². The molecule has 5 nitrogen and oxygen atoms in total. The van der Waals surface area contributed by atoms with Crippen molar-refractivity contribution in [3.8, 4) is 0 Å². The van der Waals surface area contributed by atoms with E-state index in [1.807, 2.05) is 26.8 Å². The van der Waals surface area contributed by atoms with Crippen LogP contribution in [0.25, 0.3) is 0 Å². The van der Waals surface area contributed by atoms with E-state index in [0.29, 0.717) is 11.8 Å². The molecule has 1 aliphatic carbocycles. The first kappa shape index (κ1) is 22.9. The van der Waals surface area contributed by atoms with Crippen molar-refractivity contribution in [3.05, 3.63) is 12.7 Å². The third kappa shape index (κ3) is 5.82. The number of amides is 2. The molecule has 2 amide bonds. The van der Waals surface area contributed by atoms with E-state index in [9.17, 15) is 9.59 Å². The quantitative estimate of drug-likeness (QED) is 0.705. The molecule has 3 atom stereocenters. The Labute approximate surface area is 171 Å². The highest BCUT2D eigenvalue weighted by Crippen LogP contribution is 2.40. The van der Waals surface area contributed by atoms with Gasteiger partial charge in [0.2, 0.25) is 11.8 Å². The largest absolute Gasteiger partial charge is 0.349 e. The average Bonchev–Trinajstić information content (AvgIpc) is 2.56. The van der Waals surface area contributed by atoms with Gasteiger partial charge in [0.05, 0.1) is 0 Å². The van der Waals surface area contributed by atoms with Gasteiger partial charge < -0.3 is 15.5 Å². The van der Waals surface area contributed by atoms with E-state index >= 15 is 0 Å². The van der Waals surface area contributed by atoms with Crippen molar-refractivity contribution in [2.45, 2.75) is 84.7 Å². The van der Waals surface area contributed by atoms with Gasteiger partial charge in [-0.25, -0.2) is 0 Å². The summed E-state index contributed by atoms with van der Waals surface area (Å²) >= 11 is 0. The number of nitrogens with zero attached hydrogens (tertiary/aromatic N) is 1. The van der Waals surface area contributed by atoms with Crippen molar-refractivity contribution in [1.29, 1.82) is 0 Å². The molecule has 0 aromatic carbocycles. The monoisotopic (exact) mass is 391 g/mol. The topological polar surface area (TPSA) is 61.4 Å². The summed E-state index contributed by atoms with van der Waals surface area (Å²) in [5, 5.41) is 6.27. The number of carbonyl (C=O) groups is 2. The van der Waals surface area contributed by atoms with Gasteiger partial charge in [0.25, 0.3) is 0 Å². The second kappa shape index (κ2) is 8.56. The van der Waals surface area contributed by atoms with Gasteiger partial charge in [-0.1, -0.05) is 19.9 Å². The summed E-state index contributed by atoms with van der Waals surface area (Å²) in [4.78, 5) is 28.2. The summed E-state index contributed by atoms with van der Waals surface area (Å²) < 4.78 is 0. The third-order valence-corrected chi connectivity index (χ3v) is 6.48. The van der Waals surface area contributed by atoms with E-state index in [-0.39, 0.29) is 29.2 Å². The maximum Gasteiger partial charge on any atom is 0.246 e. The number of carbonyl (C=O) groups excluding carboxylic acids is 2. The molecule has 160 valence electrons. The maximum absolute atomic E-state index is 13.5. The lowest BCUT2D eigenvalue weighted by Gasteiger charge is -2.49. The van der Waals surface area contributed by atoms with Crippen LogP contribution in [0.15, 0.2) is 12.7 Å². The molecule has 28 heavy (non-hydrogen) atoms.